The van der Waals surface area contributed by atoms with Crippen LogP contribution in [0.25, 0.3) is 10.9 Å². The van der Waals surface area contributed by atoms with Gasteiger partial charge in [0.2, 0.25) is 11.2 Å². The minimum atomic E-state index is -2.06. The number of nitrogens with zero attached hydrogens (tertiary/aromatic N) is 1. The number of carbonyl (C=O) groups excluding carboxylic acids is 3. The van der Waals surface area contributed by atoms with Crippen molar-refractivity contribution in [2.24, 2.45) is 5.92 Å². The summed E-state index contributed by atoms with van der Waals surface area (Å²) < 4.78 is 12.0. The fraction of sp³-hybridized carbons (Fsp3) is 0.250. The maximum Gasteiger partial charge on any atom is 0.347 e. The van der Waals surface area contributed by atoms with Crippen LogP contribution < -0.4 is 26.2 Å². The highest BCUT2D eigenvalue weighted by Gasteiger charge is 2.42. The Bertz CT molecular complexity index is 2920. The van der Waals surface area contributed by atoms with Crippen LogP contribution in [0, 0.1) is 5.92 Å². The second kappa shape index (κ2) is 23.1. The van der Waals surface area contributed by atoms with Gasteiger partial charge in [-0.2, -0.15) is 0 Å². The van der Waals surface area contributed by atoms with Gasteiger partial charge in [0.25, 0.3) is 11.8 Å². The monoisotopic (exact) mass is 943 g/mol. The quantitative estimate of drug-likeness (QED) is 0.0326. The van der Waals surface area contributed by atoms with E-state index in [-0.39, 0.29) is 67.4 Å². The number of fused-ring (bicyclic) bond motifs is 1. The Kier molecular flexibility index (Phi) is 16.1. The Labute approximate surface area is 405 Å². The molecule has 7 aromatic rings. The van der Waals surface area contributed by atoms with Gasteiger partial charge in [0, 0.05) is 60.9 Å². The van der Waals surface area contributed by atoms with Crippen LogP contribution in [0.15, 0.2) is 163 Å². The average Bonchev–Trinajstić information content (AvgIpc) is 3.39. The number of nitrogens with one attached hydrogen (secondary N) is 4. The molecule has 1 aliphatic rings. The van der Waals surface area contributed by atoms with Gasteiger partial charge >= 0.3 is 5.97 Å². The topological polar surface area (TPSA) is 203 Å². The molecule has 8 rings (SSSR count). The van der Waals surface area contributed by atoms with E-state index in [1.165, 1.54) is 17.7 Å². The first-order valence-electron chi connectivity index (χ1n) is 23.5. The normalized spacial score (nSPS) is 14.3. The number of aromatic nitrogens is 1. The van der Waals surface area contributed by atoms with Crippen molar-refractivity contribution < 1.29 is 39.2 Å². The highest BCUT2D eigenvalue weighted by Crippen LogP contribution is 2.34. The summed E-state index contributed by atoms with van der Waals surface area (Å²) in [7, 11) is 0. The molecule has 0 spiro atoms. The number of likely N-dealkylation sites (tertiary alicyclic amines) is 1. The molecule has 1 aromatic heterocycles. The van der Waals surface area contributed by atoms with Crippen molar-refractivity contribution in [2.45, 2.75) is 44.2 Å². The standard InChI is InChI=1S/C56H57N5O9/c62-49-24-22-47(48-23-25-51(64)60-52(48)49)50(63)34-57-33-38-14-18-42(19-15-38)53(65)58-28-29-59-54(66)43-20-16-40(17-21-43)36-69-46-13-7-12-45(32-46)56(68,44-10-5-2-6-11-44)55(67)70-37-41-26-30-61(31-27-41)35-39-8-3-1-4-9-39/h1-25,32,41,50,57,62-63,68H,26-31,33-37H2,(H,58,65)(H,59,66)(H,60,64)/t50-,56-/m0/s1. The lowest BCUT2D eigenvalue weighted by Gasteiger charge is -2.33. The Morgan fingerprint density at radius 1 is 0.714 bits per heavy atom. The number of aliphatic hydroxyl groups is 2. The van der Waals surface area contributed by atoms with Gasteiger partial charge in [0.15, 0.2) is 0 Å². The zero-order valence-corrected chi connectivity index (χ0v) is 38.7. The fourth-order valence-corrected chi connectivity index (χ4v) is 8.61. The fourth-order valence-electron chi connectivity index (χ4n) is 8.61. The van der Waals surface area contributed by atoms with Crippen LogP contribution >= 0.6 is 0 Å². The summed E-state index contributed by atoms with van der Waals surface area (Å²) in [6.45, 7) is 4.14. The zero-order chi connectivity index (χ0) is 48.9. The minimum absolute atomic E-state index is 0.0763. The van der Waals surface area contributed by atoms with E-state index in [1.807, 2.05) is 24.3 Å². The number of phenols is 1. The number of aliphatic hydroxyl groups excluding tert-OH is 1. The lowest BCUT2D eigenvalue weighted by molar-refractivity contribution is -0.164. The molecule has 70 heavy (non-hydrogen) atoms. The zero-order valence-electron chi connectivity index (χ0n) is 38.7. The van der Waals surface area contributed by atoms with Gasteiger partial charge in [-0.25, -0.2) is 4.79 Å². The maximum atomic E-state index is 13.9. The van der Waals surface area contributed by atoms with Crippen molar-refractivity contribution in [1.29, 1.82) is 0 Å². The number of hydrogen-bond acceptors (Lipinski definition) is 11. The summed E-state index contributed by atoms with van der Waals surface area (Å²) in [5, 5.41) is 42.5. The molecule has 6 aromatic carbocycles. The van der Waals surface area contributed by atoms with Crippen LogP contribution in [0.3, 0.4) is 0 Å². The number of H-pyrrole nitrogens is 1. The van der Waals surface area contributed by atoms with E-state index < -0.39 is 17.7 Å². The second-order valence-electron chi connectivity index (χ2n) is 17.5. The van der Waals surface area contributed by atoms with Gasteiger partial charge in [-0.3, -0.25) is 19.3 Å². The van der Waals surface area contributed by atoms with E-state index in [2.05, 4.69) is 50.1 Å². The van der Waals surface area contributed by atoms with Crippen molar-refractivity contribution in [3.05, 3.63) is 213 Å². The molecule has 14 heteroatoms. The number of aromatic hydroxyl groups is 1. The van der Waals surface area contributed by atoms with Crippen LogP contribution in [-0.2, 0) is 34.8 Å². The third kappa shape index (κ3) is 12.3. The molecule has 7 N–H and O–H groups in total. The predicted molar refractivity (Wildman–Crippen MR) is 266 cm³/mol. The lowest BCUT2D eigenvalue weighted by Crippen LogP contribution is -2.40. The number of piperidine rings is 1. The highest BCUT2D eigenvalue weighted by molar-refractivity contribution is 5.95. The SMILES string of the molecule is O=C(NCCNC(=O)c1ccc(COc2cccc([C@](O)(C(=O)OCC3CCN(Cc4ccccc4)CC3)c3ccccc3)c2)cc1)c1ccc(CNC[C@H](O)c2ccc(O)c3[nH]c(=O)ccc23)cc1. The lowest BCUT2D eigenvalue weighted by atomic mass is 9.86. The van der Waals surface area contributed by atoms with Crippen LogP contribution in [0.1, 0.15) is 73.0 Å². The molecule has 0 radical (unpaired) electrons. The first kappa shape index (κ1) is 48.8. The molecule has 2 atom stereocenters. The number of amides is 2. The Balaban J connectivity index is 0.762. The summed E-state index contributed by atoms with van der Waals surface area (Å²) in [5.74, 6) is -0.774. The number of aromatic amines is 1. The Morgan fingerprint density at radius 3 is 2.01 bits per heavy atom. The van der Waals surface area contributed by atoms with E-state index in [9.17, 15) is 34.5 Å². The molecule has 1 fully saturated rings. The summed E-state index contributed by atoms with van der Waals surface area (Å²) >= 11 is 0. The van der Waals surface area contributed by atoms with E-state index in [0.717, 1.165) is 43.6 Å². The highest BCUT2D eigenvalue weighted by atomic mass is 16.5. The molecular formula is C56H57N5O9. The van der Waals surface area contributed by atoms with Crippen molar-refractivity contribution in [3.63, 3.8) is 0 Å². The number of hydrogen-bond donors (Lipinski definition) is 7. The van der Waals surface area contributed by atoms with Crippen LogP contribution in [0.5, 0.6) is 11.5 Å². The molecule has 0 unspecified atom stereocenters. The van der Waals surface area contributed by atoms with Crippen LogP contribution in [-0.4, -0.2) is 82.3 Å². The molecule has 1 saturated heterocycles. The molecule has 360 valence electrons. The molecule has 2 amide bonds. The van der Waals surface area contributed by atoms with E-state index in [4.69, 9.17) is 9.47 Å². The van der Waals surface area contributed by atoms with Crippen molar-refractivity contribution in [1.82, 2.24) is 25.8 Å². The van der Waals surface area contributed by atoms with Gasteiger partial charge in [-0.15, -0.1) is 0 Å². The molecule has 1 aliphatic heterocycles. The van der Waals surface area contributed by atoms with Crippen molar-refractivity contribution in [3.8, 4) is 11.5 Å². The number of pyridine rings is 1. The van der Waals surface area contributed by atoms with Crippen LogP contribution in [0.2, 0.25) is 0 Å². The number of rotatable bonds is 20. The van der Waals surface area contributed by atoms with Gasteiger partial charge in [0.1, 0.15) is 18.1 Å². The number of ether oxygens (including phenoxy) is 2. The summed E-state index contributed by atoms with van der Waals surface area (Å²) in [6.07, 6.45) is 0.885. The summed E-state index contributed by atoms with van der Waals surface area (Å²) in [5.41, 5.74) is 2.98. The summed E-state index contributed by atoms with van der Waals surface area (Å²) in [6, 6.07) is 45.9. The largest absolute Gasteiger partial charge is 0.506 e. The van der Waals surface area contributed by atoms with Gasteiger partial charge < -0.3 is 45.7 Å². The molecule has 0 aliphatic carbocycles. The number of benzene rings is 6. The number of carbonyl (C=O) groups is 3. The Morgan fingerprint density at radius 2 is 1.34 bits per heavy atom. The first-order chi connectivity index (χ1) is 34.0. The maximum absolute atomic E-state index is 13.9. The second-order valence-corrected chi connectivity index (χ2v) is 17.5. The number of phenolic OH excluding ortho intramolecular Hbond substituents is 1. The molecule has 0 bridgehead atoms. The van der Waals surface area contributed by atoms with Gasteiger partial charge in [0.05, 0.1) is 18.2 Å². The molecule has 14 nitrogen and oxygen atoms in total. The van der Waals surface area contributed by atoms with Crippen molar-refractivity contribution >= 4 is 28.7 Å². The van der Waals surface area contributed by atoms with Crippen molar-refractivity contribution in [2.75, 3.05) is 39.3 Å². The summed E-state index contributed by atoms with van der Waals surface area (Å²) in [4.78, 5) is 56.4. The smallest absolute Gasteiger partial charge is 0.347 e. The van der Waals surface area contributed by atoms with E-state index in [1.54, 1.807) is 97.1 Å². The number of esters is 1. The van der Waals surface area contributed by atoms with E-state index >= 15 is 0 Å². The molecule has 0 saturated carbocycles. The molecule has 2 heterocycles. The predicted octanol–water partition coefficient (Wildman–Crippen LogP) is 6.49. The first-order valence-corrected chi connectivity index (χ1v) is 23.5. The third-order valence-electron chi connectivity index (χ3n) is 12.6. The van der Waals surface area contributed by atoms with Crippen LogP contribution in [0.4, 0.5) is 0 Å². The van der Waals surface area contributed by atoms with E-state index in [0.29, 0.717) is 45.5 Å². The van der Waals surface area contributed by atoms with Gasteiger partial charge in [-0.1, -0.05) is 103 Å². The average molecular weight is 944 g/mol. The molecular weight excluding hydrogens is 887 g/mol. The Hall–Kier alpha value is -7.62. The third-order valence-corrected chi connectivity index (χ3v) is 12.6. The van der Waals surface area contributed by atoms with Gasteiger partial charge in [-0.05, 0) is 108 Å². The minimum Gasteiger partial charge on any atom is -0.506 e.